The van der Waals surface area contributed by atoms with Crippen molar-refractivity contribution in [2.24, 2.45) is 0 Å². The van der Waals surface area contributed by atoms with Gasteiger partial charge in [0.1, 0.15) is 0 Å². The Morgan fingerprint density at radius 3 is 1.08 bits per heavy atom. The first-order chi connectivity index (χ1) is 30.8. The van der Waals surface area contributed by atoms with Crippen LogP contribution in [0.15, 0.2) is 133 Å². The highest BCUT2D eigenvalue weighted by Crippen LogP contribution is 2.41. The van der Waals surface area contributed by atoms with Gasteiger partial charge in [-0.2, -0.15) is 0 Å². The molecule has 0 saturated carbocycles. The second kappa shape index (κ2) is 15.6. The molecule has 64 heavy (non-hydrogen) atoms. The van der Waals surface area contributed by atoms with Gasteiger partial charge >= 0.3 is 0 Å². The Labute approximate surface area is 382 Å². The molecule has 2 heterocycles. The molecule has 0 radical (unpaired) electrons. The first-order valence-corrected chi connectivity index (χ1v) is 23.1. The molecule has 0 aliphatic carbocycles. The van der Waals surface area contributed by atoms with Gasteiger partial charge in [0, 0.05) is 34.1 Å². The molecule has 314 valence electrons. The summed E-state index contributed by atoms with van der Waals surface area (Å²) >= 11 is 0. The number of hydrogen-bond acceptors (Lipinski definition) is 2. The first kappa shape index (κ1) is 41.5. The van der Waals surface area contributed by atoms with Gasteiger partial charge < -0.3 is 9.80 Å². The summed E-state index contributed by atoms with van der Waals surface area (Å²) in [5, 5.41) is 0. The minimum absolute atomic E-state index is 0.0418. The number of para-hydroxylation sites is 2. The summed E-state index contributed by atoms with van der Waals surface area (Å²) in [5.41, 5.74) is 34.7. The van der Waals surface area contributed by atoms with Gasteiger partial charge in [0.2, 0.25) is 13.4 Å². The van der Waals surface area contributed by atoms with Crippen molar-refractivity contribution < 1.29 is 0 Å². The van der Waals surface area contributed by atoms with E-state index < -0.39 is 0 Å². The third-order valence-corrected chi connectivity index (χ3v) is 15.7. The fourth-order valence-electron chi connectivity index (χ4n) is 11.4. The molecule has 0 aromatic heterocycles. The maximum absolute atomic E-state index is 2.64. The van der Waals surface area contributed by atoms with E-state index >= 15 is 0 Å². The molecule has 0 atom stereocenters. The number of rotatable bonds is 6. The molecule has 0 bridgehead atoms. The Balaban J connectivity index is 1.30. The lowest BCUT2D eigenvalue weighted by Gasteiger charge is -2.45. The van der Waals surface area contributed by atoms with Gasteiger partial charge in [-0.1, -0.05) is 129 Å². The quantitative estimate of drug-likeness (QED) is 0.154. The van der Waals surface area contributed by atoms with Crippen molar-refractivity contribution in [3.05, 3.63) is 200 Å². The van der Waals surface area contributed by atoms with E-state index in [0.29, 0.717) is 0 Å². The predicted molar refractivity (Wildman–Crippen MR) is 280 cm³/mol. The first-order valence-electron chi connectivity index (χ1n) is 23.1. The standard InChI is InChI=1S/C60H58B2N2/c1-35-23-29-56-52(31-35)61(58-43(9)39(5)37(3)40(6)44(58)10)54-33-48(47-25-27-51(28-26-47)63(49-19-15-13-16-20-49)50-21-17-14-18-22-50)34-55-60(54)64(56)57-30-24-36(2)32-53(57)62(55)59-45(11)41(7)38(4)42(8)46(59)12/h13-34H,1-12H3. The lowest BCUT2D eigenvalue weighted by atomic mass is 9.29. The van der Waals surface area contributed by atoms with Crippen LogP contribution in [0.3, 0.4) is 0 Å². The summed E-state index contributed by atoms with van der Waals surface area (Å²) < 4.78 is 0. The van der Waals surface area contributed by atoms with E-state index in [1.54, 1.807) is 0 Å². The fraction of sp³-hybridized carbons (Fsp3) is 0.200. The molecule has 8 aromatic rings. The molecule has 2 nitrogen and oxygen atoms in total. The van der Waals surface area contributed by atoms with Crippen molar-refractivity contribution in [1.29, 1.82) is 0 Å². The molecule has 10 rings (SSSR count). The summed E-state index contributed by atoms with van der Waals surface area (Å²) in [5.74, 6) is 0. The number of anilines is 6. The lowest BCUT2D eigenvalue weighted by molar-refractivity contribution is 1.19. The number of benzene rings is 8. The van der Waals surface area contributed by atoms with Crippen LogP contribution < -0.4 is 42.6 Å². The zero-order chi connectivity index (χ0) is 44.9. The van der Waals surface area contributed by atoms with Gasteiger partial charge in [-0.3, -0.25) is 0 Å². The fourth-order valence-corrected chi connectivity index (χ4v) is 11.4. The molecule has 0 N–H and O–H groups in total. The Hall–Kier alpha value is -6.51. The minimum atomic E-state index is 0.0418. The smallest absolute Gasteiger partial charge is 0.247 e. The summed E-state index contributed by atoms with van der Waals surface area (Å²) in [6, 6.07) is 50.3. The zero-order valence-electron chi connectivity index (χ0n) is 39.8. The number of fused-ring (bicyclic) bond motifs is 4. The normalized spacial score (nSPS) is 12.6. The highest BCUT2D eigenvalue weighted by molar-refractivity contribution is 7.02. The Morgan fingerprint density at radius 1 is 0.328 bits per heavy atom. The van der Waals surface area contributed by atoms with E-state index in [1.165, 1.54) is 128 Å². The van der Waals surface area contributed by atoms with E-state index in [2.05, 4.69) is 226 Å². The number of nitrogens with zero attached hydrogens (tertiary/aromatic N) is 2. The van der Waals surface area contributed by atoms with Crippen LogP contribution in [0, 0.1) is 83.1 Å². The second-order valence-electron chi connectivity index (χ2n) is 19.0. The van der Waals surface area contributed by atoms with Crippen LogP contribution in [0.2, 0.25) is 0 Å². The Kier molecular flexibility index (Phi) is 10.1. The van der Waals surface area contributed by atoms with E-state index in [4.69, 9.17) is 0 Å². The third kappa shape index (κ3) is 6.32. The average molecular weight is 829 g/mol. The van der Waals surface area contributed by atoms with Crippen LogP contribution >= 0.6 is 0 Å². The van der Waals surface area contributed by atoms with Crippen molar-refractivity contribution in [3.8, 4) is 11.1 Å². The van der Waals surface area contributed by atoms with Crippen molar-refractivity contribution in [3.63, 3.8) is 0 Å². The van der Waals surface area contributed by atoms with Gasteiger partial charge in [-0.15, -0.1) is 0 Å². The van der Waals surface area contributed by atoms with Crippen molar-refractivity contribution in [1.82, 2.24) is 0 Å². The molecule has 8 aromatic carbocycles. The monoisotopic (exact) mass is 828 g/mol. The Bertz CT molecular complexity index is 2940. The second-order valence-corrected chi connectivity index (χ2v) is 19.0. The van der Waals surface area contributed by atoms with Crippen LogP contribution in [-0.2, 0) is 0 Å². The van der Waals surface area contributed by atoms with Crippen LogP contribution in [0.5, 0.6) is 0 Å². The van der Waals surface area contributed by atoms with Crippen molar-refractivity contribution in [2.45, 2.75) is 83.1 Å². The SMILES string of the molecule is Cc1ccc2c(c1)B(c1c(C)c(C)c(C)c(C)c1C)c1cc(-c3ccc(N(c4ccccc4)c4ccccc4)cc3)cc3c1N2c1ccc(C)cc1B3c1c(C)c(C)c(C)c(C)c1C. The third-order valence-electron chi connectivity index (χ3n) is 15.7. The lowest BCUT2D eigenvalue weighted by Crippen LogP contribution is -2.66. The molecule has 2 aliphatic heterocycles. The molecule has 2 aliphatic rings. The van der Waals surface area contributed by atoms with Crippen LogP contribution in [-0.4, -0.2) is 13.4 Å². The highest BCUT2D eigenvalue weighted by Gasteiger charge is 2.45. The molecule has 0 unspecified atom stereocenters. The average Bonchev–Trinajstić information content (AvgIpc) is 3.31. The molecular weight excluding hydrogens is 770 g/mol. The summed E-state index contributed by atoms with van der Waals surface area (Å²) in [6.07, 6.45) is 0. The molecule has 0 amide bonds. The van der Waals surface area contributed by atoms with Crippen LogP contribution in [0.1, 0.15) is 66.8 Å². The van der Waals surface area contributed by atoms with Gasteiger partial charge in [-0.25, -0.2) is 0 Å². The van der Waals surface area contributed by atoms with Gasteiger partial charge in [-0.05, 0) is 198 Å². The predicted octanol–water partition coefficient (Wildman–Crippen LogP) is 11.7. The van der Waals surface area contributed by atoms with Gasteiger partial charge in [0.15, 0.2) is 0 Å². The van der Waals surface area contributed by atoms with Crippen LogP contribution in [0.25, 0.3) is 11.1 Å². The van der Waals surface area contributed by atoms with Gasteiger partial charge in [0.05, 0.1) is 0 Å². The van der Waals surface area contributed by atoms with E-state index in [-0.39, 0.29) is 13.4 Å². The van der Waals surface area contributed by atoms with Gasteiger partial charge in [0.25, 0.3) is 0 Å². The van der Waals surface area contributed by atoms with Crippen molar-refractivity contribution in [2.75, 3.05) is 9.80 Å². The van der Waals surface area contributed by atoms with E-state index in [0.717, 1.165) is 17.1 Å². The summed E-state index contributed by atoms with van der Waals surface area (Å²) in [6.45, 7) is 28.0. The largest absolute Gasteiger partial charge is 0.313 e. The topological polar surface area (TPSA) is 6.48 Å². The van der Waals surface area contributed by atoms with Crippen molar-refractivity contribution >= 4 is 80.3 Å². The molecular formula is C60H58B2N2. The minimum Gasteiger partial charge on any atom is -0.313 e. The Morgan fingerprint density at radius 2 is 0.688 bits per heavy atom. The zero-order valence-corrected chi connectivity index (χ0v) is 39.8. The maximum atomic E-state index is 2.64. The van der Waals surface area contributed by atoms with E-state index in [9.17, 15) is 0 Å². The number of hydrogen-bond donors (Lipinski definition) is 0. The summed E-state index contributed by atoms with van der Waals surface area (Å²) in [7, 11) is 0. The molecule has 0 spiro atoms. The van der Waals surface area contributed by atoms with E-state index in [1.807, 2.05) is 0 Å². The van der Waals surface area contributed by atoms with Crippen LogP contribution in [0.4, 0.5) is 34.1 Å². The summed E-state index contributed by atoms with van der Waals surface area (Å²) in [4.78, 5) is 4.99. The highest BCUT2D eigenvalue weighted by atomic mass is 15.2. The molecule has 0 fully saturated rings. The molecule has 4 heteroatoms. The molecule has 0 saturated heterocycles. The number of aryl methyl sites for hydroxylation is 2. The maximum Gasteiger partial charge on any atom is 0.247 e.